The first-order valence-corrected chi connectivity index (χ1v) is 13.6. The van der Waals surface area contributed by atoms with Gasteiger partial charge in [0.1, 0.15) is 23.6 Å². The standard InChI is InChI=1S/C29H32N4O2S/c1-3-33(4-2)15-16-35-29(34)21-11-13-24(14-12-21)32-27-26-25(18-36-28(26)31-19-30-27)23-10-9-20-7-5-6-8-22(20)17-23/h9-14,17-19H,3-8,15-16H2,1-2H3,(H,30,31,32). The summed E-state index contributed by atoms with van der Waals surface area (Å²) in [7, 11) is 0. The zero-order valence-corrected chi connectivity index (χ0v) is 21.7. The predicted octanol–water partition coefficient (Wildman–Crippen LogP) is 6.48. The number of aryl methyl sites for hydroxylation is 2. The molecule has 6 nitrogen and oxygen atoms in total. The van der Waals surface area contributed by atoms with Crippen molar-refractivity contribution in [3.63, 3.8) is 0 Å². The van der Waals surface area contributed by atoms with Crippen molar-refractivity contribution in [2.45, 2.75) is 39.5 Å². The Balaban J connectivity index is 1.33. The average Bonchev–Trinajstić information content (AvgIpc) is 3.36. The number of aromatic nitrogens is 2. The van der Waals surface area contributed by atoms with E-state index in [0.717, 1.165) is 53.3 Å². The Morgan fingerprint density at radius 3 is 2.58 bits per heavy atom. The molecule has 0 saturated heterocycles. The van der Waals surface area contributed by atoms with Crippen LogP contribution < -0.4 is 5.32 Å². The predicted molar refractivity (Wildman–Crippen MR) is 147 cm³/mol. The van der Waals surface area contributed by atoms with E-state index in [0.29, 0.717) is 12.2 Å². The molecule has 0 atom stereocenters. The van der Waals surface area contributed by atoms with Gasteiger partial charge in [0, 0.05) is 23.2 Å². The summed E-state index contributed by atoms with van der Waals surface area (Å²) in [6.45, 7) is 7.24. The highest BCUT2D eigenvalue weighted by atomic mass is 32.1. The molecule has 0 radical (unpaired) electrons. The molecule has 0 amide bonds. The molecule has 2 aromatic heterocycles. The Hall–Kier alpha value is -3.29. The normalized spacial score (nSPS) is 13.1. The fourth-order valence-corrected chi connectivity index (χ4v) is 5.72. The SMILES string of the molecule is CCN(CC)CCOC(=O)c1ccc(Nc2ncnc3scc(-c4ccc5c(c4)CCCC5)c23)cc1. The third-order valence-electron chi connectivity index (χ3n) is 6.95. The molecule has 0 saturated carbocycles. The monoisotopic (exact) mass is 500 g/mol. The van der Waals surface area contributed by atoms with Gasteiger partial charge in [0.25, 0.3) is 0 Å². The number of nitrogens with one attached hydrogen (secondary N) is 1. The van der Waals surface area contributed by atoms with Crippen LogP contribution in [0.25, 0.3) is 21.3 Å². The van der Waals surface area contributed by atoms with Crippen LogP contribution in [-0.4, -0.2) is 47.1 Å². The molecular formula is C29H32N4O2S. The summed E-state index contributed by atoms with van der Waals surface area (Å²) in [5, 5.41) is 6.64. The molecule has 0 spiro atoms. The summed E-state index contributed by atoms with van der Waals surface area (Å²) in [6.07, 6.45) is 6.46. The molecule has 7 heteroatoms. The summed E-state index contributed by atoms with van der Waals surface area (Å²) in [5.41, 5.74) is 6.70. The number of ether oxygens (including phenoxy) is 1. The van der Waals surface area contributed by atoms with Gasteiger partial charge < -0.3 is 15.0 Å². The highest BCUT2D eigenvalue weighted by Crippen LogP contribution is 2.38. The van der Waals surface area contributed by atoms with E-state index in [1.165, 1.54) is 36.0 Å². The second kappa shape index (κ2) is 11.2. The van der Waals surface area contributed by atoms with E-state index in [-0.39, 0.29) is 5.97 Å². The van der Waals surface area contributed by atoms with Gasteiger partial charge in [0.15, 0.2) is 0 Å². The number of carbonyl (C=O) groups excluding carboxylic acids is 1. The van der Waals surface area contributed by atoms with Crippen LogP contribution in [0.15, 0.2) is 54.2 Å². The lowest BCUT2D eigenvalue weighted by Gasteiger charge is -2.17. The fraction of sp³-hybridized carbons (Fsp3) is 0.345. The minimum atomic E-state index is -0.300. The first-order valence-electron chi connectivity index (χ1n) is 12.8. The van der Waals surface area contributed by atoms with Gasteiger partial charge in [-0.25, -0.2) is 14.8 Å². The Kier molecular flexibility index (Phi) is 7.58. The molecule has 5 rings (SSSR count). The molecule has 4 aromatic rings. The molecule has 0 bridgehead atoms. The maximum absolute atomic E-state index is 12.4. The number of carbonyl (C=O) groups is 1. The molecule has 36 heavy (non-hydrogen) atoms. The van der Waals surface area contributed by atoms with Gasteiger partial charge in [-0.3, -0.25) is 0 Å². The number of benzene rings is 2. The summed E-state index contributed by atoms with van der Waals surface area (Å²) in [6, 6.07) is 14.2. The summed E-state index contributed by atoms with van der Waals surface area (Å²) in [5.74, 6) is 0.467. The highest BCUT2D eigenvalue weighted by Gasteiger charge is 2.16. The van der Waals surface area contributed by atoms with Gasteiger partial charge in [-0.15, -0.1) is 11.3 Å². The molecule has 2 aromatic carbocycles. The van der Waals surface area contributed by atoms with E-state index in [2.05, 4.69) is 57.6 Å². The Morgan fingerprint density at radius 1 is 1.03 bits per heavy atom. The van der Waals surface area contributed by atoms with Crippen molar-refractivity contribution in [2.75, 3.05) is 31.6 Å². The maximum Gasteiger partial charge on any atom is 0.338 e. The second-order valence-electron chi connectivity index (χ2n) is 9.11. The van der Waals surface area contributed by atoms with Gasteiger partial charge in [0.2, 0.25) is 0 Å². The Morgan fingerprint density at radius 2 is 1.81 bits per heavy atom. The lowest BCUT2D eigenvalue weighted by molar-refractivity contribution is 0.0466. The molecule has 186 valence electrons. The van der Waals surface area contributed by atoms with Gasteiger partial charge >= 0.3 is 5.97 Å². The summed E-state index contributed by atoms with van der Waals surface area (Å²) < 4.78 is 5.45. The summed E-state index contributed by atoms with van der Waals surface area (Å²) in [4.78, 5) is 24.7. The van der Waals surface area contributed by atoms with Gasteiger partial charge in [0.05, 0.1) is 10.9 Å². The molecule has 1 N–H and O–H groups in total. The van der Waals surface area contributed by atoms with Crippen LogP contribution in [0.4, 0.5) is 11.5 Å². The van der Waals surface area contributed by atoms with Crippen LogP contribution in [0.2, 0.25) is 0 Å². The highest BCUT2D eigenvalue weighted by molar-refractivity contribution is 7.17. The third kappa shape index (κ3) is 5.27. The molecule has 0 fully saturated rings. The van der Waals surface area contributed by atoms with Crippen molar-refractivity contribution in [3.05, 3.63) is 70.9 Å². The Bertz CT molecular complexity index is 1350. The number of fused-ring (bicyclic) bond motifs is 2. The first-order chi connectivity index (χ1) is 17.7. The van der Waals surface area contributed by atoms with Crippen molar-refractivity contribution in [1.82, 2.24) is 14.9 Å². The van der Waals surface area contributed by atoms with Crippen molar-refractivity contribution in [3.8, 4) is 11.1 Å². The molecule has 0 aliphatic heterocycles. The number of anilines is 2. The molecule has 2 heterocycles. The van der Waals surface area contributed by atoms with Crippen molar-refractivity contribution in [2.24, 2.45) is 0 Å². The van der Waals surface area contributed by atoms with E-state index in [1.807, 2.05) is 12.1 Å². The smallest absolute Gasteiger partial charge is 0.338 e. The first kappa shape index (κ1) is 24.4. The summed E-state index contributed by atoms with van der Waals surface area (Å²) >= 11 is 1.63. The fourth-order valence-electron chi connectivity index (χ4n) is 4.80. The molecular weight excluding hydrogens is 468 g/mol. The molecule has 1 aliphatic rings. The van der Waals surface area contributed by atoms with Gasteiger partial charge in [-0.1, -0.05) is 32.0 Å². The molecule has 1 aliphatic carbocycles. The minimum absolute atomic E-state index is 0.300. The number of hydrogen-bond donors (Lipinski definition) is 1. The van der Waals surface area contributed by atoms with Crippen molar-refractivity contribution < 1.29 is 9.53 Å². The van der Waals surface area contributed by atoms with E-state index < -0.39 is 0 Å². The van der Waals surface area contributed by atoms with Gasteiger partial charge in [-0.2, -0.15) is 0 Å². The number of nitrogens with zero attached hydrogens (tertiary/aromatic N) is 3. The number of hydrogen-bond acceptors (Lipinski definition) is 7. The topological polar surface area (TPSA) is 67.3 Å². The third-order valence-corrected chi connectivity index (χ3v) is 7.83. The van der Waals surface area contributed by atoms with E-state index in [1.54, 1.807) is 29.8 Å². The van der Waals surface area contributed by atoms with Crippen molar-refractivity contribution in [1.29, 1.82) is 0 Å². The largest absolute Gasteiger partial charge is 0.461 e. The van der Waals surface area contributed by atoms with E-state index >= 15 is 0 Å². The number of esters is 1. The van der Waals surface area contributed by atoms with Crippen LogP contribution in [0.1, 0.15) is 48.2 Å². The van der Waals surface area contributed by atoms with Gasteiger partial charge in [-0.05, 0) is 79.7 Å². The molecule has 0 unspecified atom stereocenters. The van der Waals surface area contributed by atoms with Crippen LogP contribution in [0.5, 0.6) is 0 Å². The van der Waals surface area contributed by atoms with Crippen LogP contribution in [-0.2, 0) is 17.6 Å². The number of likely N-dealkylation sites (N-methyl/N-ethyl adjacent to an activating group) is 1. The number of rotatable bonds is 9. The minimum Gasteiger partial charge on any atom is -0.461 e. The van der Waals surface area contributed by atoms with E-state index in [4.69, 9.17) is 4.74 Å². The lowest BCUT2D eigenvalue weighted by Crippen LogP contribution is -2.27. The van der Waals surface area contributed by atoms with Crippen molar-refractivity contribution >= 4 is 39.0 Å². The van der Waals surface area contributed by atoms with Crippen LogP contribution in [0, 0.1) is 0 Å². The Labute approximate surface area is 216 Å². The maximum atomic E-state index is 12.4. The quantitative estimate of drug-likeness (QED) is 0.265. The average molecular weight is 501 g/mol. The van der Waals surface area contributed by atoms with Crippen LogP contribution in [0.3, 0.4) is 0 Å². The second-order valence-corrected chi connectivity index (χ2v) is 9.97. The lowest BCUT2D eigenvalue weighted by atomic mass is 9.89. The van der Waals surface area contributed by atoms with E-state index in [9.17, 15) is 4.79 Å². The van der Waals surface area contributed by atoms with Crippen LogP contribution >= 0.6 is 11.3 Å². The zero-order valence-electron chi connectivity index (χ0n) is 20.9. The number of thiophene rings is 1. The zero-order chi connectivity index (χ0) is 24.9.